The lowest BCUT2D eigenvalue weighted by Crippen LogP contribution is -2.03. The van der Waals surface area contributed by atoms with Gasteiger partial charge in [-0.2, -0.15) is 0 Å². The van der Waals surface area contributed by atoms with Crippen molar-refractivity contribution in [1.82, 2.24) is 0 Å². The molecule has 0 saturated heterocycles. The van der Waals surface area contributed by atoms with Crippen LogP contribution in [0.2, 0.25) is 0 Å². The molecule has 0 heterocycles. The average molecular weight is 331 g/mol. The van der Waals surface area contributed by atoms with Crippen molar-refractivity contribution in [2.24, 2.45) is 0 Å². The molecule has 2 aromatic rings. The third kappa shape index (κ3) is 6.69. The molecule has 5 heteroatoms. The number of hydrogen-bond donors (Lipinski definition) is 2. The van der Waals surface area contributed by atoms with Crippen molar-refractivity contribution in [2.45, 2.75) is 38.5 Å². The number of hydrogen-bond acceptors (Lipinski definition) is 4. The van der Waals surface area contributed by atoms with E-state index < -0.39 is 4.92 Å². The second-order valence-electron chi connectivity index (χ2n) is 5.86. The first-order chi connectivity index (χ1) is 11.3. The fourth-order valence-corrected chi connectivity index (χ4v) is 2.65. The summed E-state index contributed by atoms with van der Waals surface area (Å²) < 4.78 is 0. The van der Waals surface area contributed by atoms with Crippen LogP contribution in [0.5, 0.6) is 11.5 Å². The van der Waals surface area contributed by atoms with E-state index in [1.807, 2.05) is 24.3 Å². The molecule has 0 aliphatic carbocycles. The second kappa shape index (κ2) is 9.55. The summed E-state index contributed by atoms with van der Waals surface area (Å²) in [5, 5.41) is 27.5. The SMILES string of the molecule is CCC(CC(C)c1ccc(O)cc1)c1ccc(O)cc1.C[N+](=O)[O-]. The average Bonchev–Trinajstić information content (AvgIpc) is 2.53. The topological polar surface area (TPSA) is 83.6 Å². The highest BCUT2D eigenvalue weighted by atomic mass is 16.6. The molecule has 2 unspecified atom stereocenters. The maximum Gasteiger partial charge on any atom is 0.194 e. The molecular formula is C19H25NO4. The lowest BCUT2D eigenvalue weighted by Gasteiger charge is -2.20. The Labute approximate surface area is 142 Å². The highest BCUT2D eigenvalue weighted by Gasteiger charge is 2.15. The summed E-state index contributed by atoms with van der Waals surface area (Å²) in [5.41, 5.74) is 2.52. The summed E-state index contributed by atoms with van der Waals surface area (Å²) in [6.45, 7) is 4.41. The van der Waals surface area contributed by atoms with E-state index in [-0.39, 0.29) is 0 Å². The zero-order valence-corrected chi connectivity index (χ0v) is 14.3. The van der Waals surface area contributed by atoms with Crippen LogP contribution in [0.15, 0.2) is 48.5 Å². The van der Waals surface area contributed by atoms with Crippen LogP contribution in [0.25, 0.3) is 0 Å². The van der Waals surface area contributed by atoms with Gasteiger partial charge >= 0.3 is 0 Å². The Morgan fingerprint density at radius 1 is 0.958 bits per heavy atom. The van der Waals surface area contributed by atoms with Gasteiger partial charge in [0.2, 0.25) is 0 Å². The van der Waals surface area contributed by atoms with Crippen LogP contribution in [0.1, 0.15) is 49.7 Å². The van der Waals surface area contributed by atoms with Crippen molar-refractivity contribution in [2.75, 3.05) is 7.05 Å². The summed E-state index contributed by atoms with van der Waals surface area (Å²) in [4.78, 5) is 8.31. The maximum atomic E-state index is 9.37. The molecule has 5 nitrogen and oxygen atoms in total. The number of aromatic hydroxyl groups is 2. The zero-order chi connectivity index (χ0) is 18.1. The molecule has 2 atom stereocenters. The largest absolute Gasteiger partial charge is 0.508 e. The third-order valence-corrected chi connectivity index (χ3v) is 3.96. The Balaban J connectivity index is 0.000000648. The molecule has 24 heavy (non-hydrogen) atoms. The molecule has 0 fully saturated rings. The van der Waals surface area contributed by atoms with E-state index >= 15 is 0 Å². The minimum atomic E-state index is -0.500. The number of nitro groups is 1. The van der Waals surface area contributed by atoms with Crippen LogP contribution in [0, 0.1) is 10.1 Å². The predicted octanol–water partition coefficient (Wildman–Crippen LogP) is 4.68. The van der Waals surface area contributed by atoms with Gasteiger partial charge in [0.15, 0.2) is 7.05 Å². The molecule has 2 aromatic carbocycles. The summed E-state index contributed by atoms with van der Waals surface area (Å²) in [6.07, 6.45) is 2.14. The molecule has 0 bridgehead atoms. The quantitative estimate of drug-likeness (QED) is 0.615. The van der Waals surface area contributed by atoms with Gasteiger partial charge < -0.3 is 10.2 Å². The van der Waals surface area contributed by atoms with Gasteiger partial charge in [-0.1, -0.05) is 38.1 Å². The van der Waals surface area contributed by atoms with E-state index in [9.17, 15) is 10.2 Å². The summed E-state index contributed by atoms with van der Waals surface area (Å²) >= 11 is 0. The Morgan fingerprint density at radius 3 is 1.71 bits per heavy atom. The third-order valence-electron chi connectivity index (χ3n) is 3.96. The van der Waals surface area contributed by atoms with Crippen molar-refractivity contribution in [3.05, 3.63) is 69.8 Å². The van der Waals surface area contributed by atoms with Gasteiger partial charge in [0.1, 0.15) is 11.5 Å². The Bertz CT molecular complexity index is 619. The highest BCUT2D eigenvalue weighted by molar-refractivity contribution is 5.30. The van der Waals surface area contributed by atoms with E-state index in [0.29, 0.717) is 23.3 Å². The van der Waals surface area contributed by atoms with Gasteiger partial charge in [-0.3, -0.25) is 10.1 Å². The summed E-state index contributed by atoms with van der Waals surface area (Å²) in [7, 11) is 0.889. The zero-order valence-electron chi connectivity index (χ0n) is 14.3. The fraction of sp³-hybridized carbons (Fsp3) is 0.368. The molecular weight excluding hydrogens is 306 g/mol. The monoisotopic (exact) mass is 331 g/mol. The van der Waals surface area contributed by atoms with Crippen LogP contribution in [-0.2, 0) is 0 Å². The molecule has 0 spiro atoms. The molecule has 0 aliphatic heterocycles. The van der Waals surface area contributed by atoms with E-state index in [1.54, 1.807) is 24.3 Å². The van der Waals surface area contributed by atoms with Gasteiger partial charge in [0, 0.05) is 4.92 Å². The number of phenols is 2. The Hall–Kier alpha value is -2.56. The number of rotatable bonds is 5. The normalized spacial score (nSPS) is 12.6. The van der Waals surface area contributed by atoms with Gasteiger partial charge in [-0.15, -0.1) is 0 Å². The van der Waals surface area contributed by atoms with Crippen LogP contribution >= 0.6 is 0 Å². The van der Waals surface area contributed by atoms with Gasteiger partial charge in [0.25, 0.3) is 0 Å². The van der Waals surface area contributed by atoms with E-state index in [1.165, 1.54) is 11.1 Å². The van der Waals surface area contributed by atoms with E-state index in [2.05, 4.69) is 13.8 Å². The van der Waals surface area contributed by atoms with Crippen molar-refractivity contribution in [3.63, 3.8) is 0 Å². The van der Waals surface area contributed by atoms with Crippen LogP contribution in [-0.4, -0.2) is 22.2 Å². The van der Waals surface area contributed by atoms with Crippen LogP contribution < -0.4 is 0 Å². The lowest BCUT2D eigenvalue weighted by atomic mass is 9.84. The molecule has 0 aliphatic rings. The minimum absolute atomic E-state index is 0.312. The molecule has 0 amide bonds. The van der Waals surface area contributed by atoms with Crippen molar-refractivity contribution in [1.29, 1.82) is 0 Å². The Morgan fingerprint density at radius 2 is 1.33 bits per heavy atom. The smallest absolute Gasteiger partial charge is 0.194 e. The first-order valence-electron chi connectivity index (χ1n) is 7.99. The van der Waals surface area contributed by atoms with Crippen molar-refractivity contribution in [3.8, 4) is 11.5 Å². The number of phenolic OH excluding ortho intramolecular Hbond substituents is 2. The molecule has 2 rings (SSSR count). The van der Waals surface area contributed by atoms with Gasteiger partial charge in [-0.05, 0) is 60.1 Å². The Kier molecular flexibility index (Phi) is 7.75. The molecule has 2 N–H and O–H groups in total. The van der Waals surface area contributed by atoms with E-state index in [0.717, 1.165) is 19.9 Å². The minimum Gasteiger partial charge on any atom is -0.508 e. The van der Waals surface area contributed by atoms with Crippen LogP contribution in [0.4, 0.5) is 0 Å². The predicted molar refractivity (Wildman–Crippen MR) is 95.2 cm³/mol. The first kappa shape index (κ1) is 19.5. The molecule has 130 valence electrons. The molecule has 0 radical (unpaired) electrons. The molecule has 0 aromatic heterocycles. The van der Waals surface area contributed by atoms with Crippen molar-refractivity contribution < 1.29 is 15.1 Å². The summed E-state index contributed by atoms with van der Waals surface area (Å²) in [5.74, 6) is 1.55. The lowest BCUT2D eigenvalue weighted by molar-refractivity contribution is -0.445. The van der Waals surface area contributed by atoms with Gasteiger partial charge in [0.05, 0.1) is 0 Å². The maximum absolute atomic E-state index is 9.37. The van der Waals surface area contributed by atoms with E-state index in [4.69, 9.17) is 10.1 Å². The second-order valence-corrected chi connectivity index (χ2v) is 5.86. The highest BCUT2D eigenvalue weighted by Crippen LogP contribution is 2.33. The molecule has 0 saturated carbocycles. The standard InChI is InChI=1S/C18H22O2.CH3NO2/c1-3-14(16-6-10-18(20)11-7-16)12-13(2)15-4-8-17(19)9-5-15;1-2(3)4/h4-11,13-14,19-20H,3,12H2,1-2H3;1H3. The number of nitrogens with zero attached hydrogens (tertiary/aromatic N) is 1. The summed E-state index contributed by atoms with van der Waals surface area (Å²) in [6, 6.07) is 15.0. The number of benzene rings is 2. The fourth-order valence-electron chi connectivity index (χ4n) is 2.65. The first-order valence-corrected chi connectivity index (χ1v) is 7.99. The van der Waals surface area contributed by atoms with Gasteiger partial charge in [-0.25, -0.2) is 0 Å². The van der Waals surface area contributed by atoms with Crippen molar-refractivity contribution >= 4 is 0 Å². The van der Waals surface area contributed by atoms with Crippen LogP contribution in [0.3, 0.4) is 0 Å².